The maximum absolute atomic E-state index is 11.8. The van der Waals surface area contributed by atoms with E-state index in [0.717, 1.165) is 5.69 Å². The number of hydrogen-bond donors (Lipinski definition) is 1. The molecule has 1 saturated carbocycles. The maximum Gasteiger partial charge on any atom is 0.340 e. The smallest absolute Gasteiger partial charge is 0.340 e. The lowest BCUT2D eigenvalue weighted by Crippen LogP contribution is -2.11. The van der Waals surface area contributed by atoms with Gasteiger partial charge in [0.2, 0.25) is 0 Å². The van der Waals surface area contributed by atoms with Crippen molar-refractivity contribution in [3.8, 4) is 5.69 Å². The zero-order valence-corrected chi connectivity index (χ0v) is 10.7. The van der Waals surface area contributed by atoms with Gasteiger partial charge < -0.3 is 10.5 Å². The third-order valence-electron chi connectivity index (χ3n) is 3.31. The summed E-state index contributed by atoms with van der Waals surface area (Å²) >= 11 is 0. The molecule has 0 unspecified atom stereocenters. The number of hydrogen-bond acceptors (Lipinski definition) is 4. The van der Waals surface area contributed by atoms with E-state index >= 15 is 0 Å². The number of nitrogens with two attached hydrogens (primary N) is 1. The number of aromatic nitrogens is 2. The van der Waals surface area contributed by atoms with Crippen LogP contribution in [0.25, 0.3) is 5.69 Å². The zero-order valence-electron chi connectivity index (χ0n) is 10.7. The van der Waals surface area contributed by atoms with Gasteiger partial charge in [0, 0.05) is 12.1 Å². The molecule has 0 saturated heterocycles. The van der Waals surface area contributed by atoms with Crippen molar-refractivity contribution in [2.45, 2.75) is 18.8 Å². The Morgan fingerprint density at radius 2 is 2.21 bits per heavy atom. The van der Waals surface area contributed by atoms with Crippen LogP contribution >= 0.6 is 0 Å². The fourth-order valence-electron chi connectivity index (χ4n) is 2.15. The second-order valence-corrected chi connectivity index (χ2v) is 4.69. The number of rotatable bonds is 3. The highest BCUT2D eigenvalue weighted by atomic mass is 16.5. The predicted octanol–water partition coefficient (Wildman–Crippen LogP) is 2.12. The van der Waals surface area contributed by atoms with Gasteiger partial charge in [-0.05, 0) is 31.0 Å². The molecule has 1 fully saturated rings. The highest BCUT2D eigenvalue weighted by Gasteiger charge is 2.26. The maximum atomic E-state index is 11.8. The number of esters is 1. The second kappa shape index (κ2) is 4.42. The highest BCUT2D eigenvalue weighted by molar-refractivity contribution is 5.95. The van der Waals surface area contributed by atoms with Gasteiger partial charge in [0.05, 0.1) is 24.1 Å². The zero-order chi connectivity index (χ0) is 13.4. The Bertz CT molecular complexity index is 629. The first-order valence-corrected chi connectivity index (χ1v) is 6.23. The van der Waals surface area contributed by atoms with Crippen LogP contribution in [0.4, 0.5) is 5.69 Å². The lowest BCUT2D eigenvalue weighted by molar-refractivity contribution is 0.0600. The quantitative estimate of drug-likeness (QED) is 0.675. The minimum atomic E-state index is -0.411. The number of nitrogens with zero attached hydrogens (tertiary/aromatic N) is 2. The summed E-state index contributed by atoms with van der Waals surface area (Å²) < 4.78 is 6.45. The van der Waals surface area contributed by atoms with E-state index in [0.29, 0.717) is 22.9 Å². The molecule has 2 N–H and O–H groups in total. The molecular weight excluding hydrogens is 242 g/mol. The molecule has 5 heteroatoms. The molecule has 1 aliphatic carbocycles. The van der Waals surface area contributed by atoms with Crippen molar-refractivity contribution in [1.82, 2.24) is 9.78 Å². The van der Waals surface area contributed by atoms with Gasteiger partial charge in [-0.2, -0.15) is 5.10 Å². The van der Waals surface area contributed by atoms with Crippen molar-refractivity contribution in [2.75, 3.05) is 12.8 Å². The van der Waals surface area contributed by atoms with Gasteiger partial charge >= 0.3 is 5.97 Å². The topological polar surface area (TPSA) is 70.1 Å². The lowest BCUT2D eigenvalue weighted by Gasteiger charge is -2.10. The molecule has 3 rings (SSSR count). The van der Waals surface area contributed by atoms with Crippen LogP contribution in [0.5, 0.6) is 0 Å². The Hall–Kier alpha value is -2.30. The van der Waals surface area contributed by atoms with Crippen LogP contribution in [-0.2, 0) is 4.74 Å². The van der Waals surface area contributed by atoms with E-state index < -0.39 is 5.97 Å². The minimum absolute atomic E-state index is 0.411. The van der Waals surface area contributed by atoms with E-state index in [1.807, 2.05) is 12.3 Å². The summed E-state index contributed by atoms with van der Waals surface area (Å²) in [5.41, 5.74) is 8.55. The van der Waals surface area contributed by atoms with E-state index in [1.165, 1.54) is 20.0 Å². The molecule has 2 aromatic rings. The Morgan fingerprint density at radius 1 is 1.42 bits per heavy atom. The fraction of sp³-hybridized carbons (Fsp3) is 0.286. The van der Waals surface area contributed by atoms with Crippen LogP contribution in [-0.4, -0.2) is 22.9 Å². The van der Waals surface area contributed by atoms with E-state index in [9.17, 15) is 4.79 Å². The van der Waals surface area contributed by atoms with Crippen molar-refractivity contribution in [1.29, 1.82) is 0 Å². The number of anilines is 1. The Labute approximate surface area is 111 Å². The third kappa shape index (κ3) is 2.07. The molecule has 0 bridgehead atoms. The van der Waals surface area contributed by atoms with Crippen molar-refractivity contribution in [3.05, 3.63) is 41.7 Å². The summed E-state index contributed by atoms with van der Waals surface area (Å²) in [5.74, 6) is 0.151. The number of benzene rings is 1. The van der Waals surface area contributed by atoms with E-state index in [-0.39, 0.29) is 0 Å². The summed E-state index contributed by atoms with van der Waals surface area (Å²) in [7, 11) is 1.36. The number of nitrogen functional groups attached to an aromatic ring is 1. The van der Waals surface area contributed by atoms with E-state index in [1.54, 1.807) is 22.9 Å². The van der Waals surface area contributed by atoms with Crippen LogP contribution in [0.15, 0.2) is 30.5 Å². The highest BCUT2D eigenvalue weighted by Crippen LogP contribution is 2.39. The first-order valence-electron chi connectivity index (χ1n) is 6.23. The molecule has 1 aliphatic rings. The van der Waals surface area contributed by atoms with Crippen LogP contribution in [0.3, 0.4) is 0 Å². The molecular formula is C14H15N3O2. The standard InChI is InChI=1S/C14H15N3O2/c1-19-14(18)10-3-2-4-11(15)13(10)17-8-7-12(16-17)9-5-6-9/h2-4,7-9H,5-6,15H2,1H3. The van der Waals surface area contributed by atoms with Gasteiger partial charge in [0.25, 0.3) is 0 Å². The number of methoxy groups -OCH3 is 1. The molecule has 5 nitrogen and oxygen atoms in total. The predicted molar refractivity (Wildman–Crippen MR) is 71.3 cm³/mol. The molecule has 0 radical (unpaired) electrons. The molecule has 0 amide bonds. The lowest BCUT2D eigenvalue weighted by atomic mass is 10.1. The Morgan fingerprint density at radius 3 is 2.89 bits per heavy atom. The van der Waals surface area contributed by atoms with Crippen LogP contribution < -0.4 is 5.73 Å². The summed E-state index contributed by atoms with van der Waals surface area (Å²) in [5, 5.41) is 4.51. The van der Waals surface area contributed by atoms with Gasteiger partial charge in [-0.1, -0.05) is 6.07 Å². The number of ether oxygens (including phenoxy) is 1. The first-order chi connectivity index (χ1) is 9.20. The van der Waals surface area contributed by atoms with Crippen molar-refractivity contribution < 1.29 is 9.53 Å². The Balaban J connectivity index is 2.08. The van der Waals surface area contributed by atoms with Crippen LogP contribution in [0.2, 0.25) is 0 Å². The van der Waals surface area contributed by atoms with Crippen LogP contribution in [0.1, 0.15) is 34.8 Å². The van der Waals surface area contributed by atoms with Gasteiger partial charge in [0.1, 0.15) is 5.69 Å². The number of carbonyl (C=O) groups is 1. The number of para-hydroxylation sites is 1. The molecule has 1 heterocycles. The fourth-order valence-corrected chi connectivity index (χ4v) is 2.15. The van der Waals surface area contributed by atoms with E-state index in [2.05, 4.69) is 5.10 Å². The Kier molecular flexibility index (Phi) is 2.74. The molecule has 1 aromatic heterocycles. The summed E-state index contributed by atoms with van der Waals surface area (Å²) in [6.07, 6.45) is 4.21. The minimum Gasteiger partial charge on any atom is -0.465 e. The normalized spacial score (nSPS) is 14.4. The molecule has 0 atom stereocenters. The van der Waals surface area contributed by atoms with Gasteiger partial charge in [-0.25, -0.2) is 9.48 Å². The largest absolute Gasteiger partial charge is 0.465 e. The van der Waals surface area contributed by atoms with Crippen LogP contribution in [0, 0.1) is 0 Å². The van der Waals surface area contributed by atoms with Gasteiger partial charge in [-0.3, -0.25) is 0 Å². The third-order valence-corrected chi connectivity index (χ3v) is 3.31. The SMILES string of the molecule is COC(=O)c1cccc(N)c1-n1ccc(C2CC2)n1. The summed E-state index contributed by atoms with van der Waals surface area (Å²) in [6, 6.07) is 7.15. The first kappa shape index (κ1) is 11.8. The average molecular weight is 257 g/mol. The summed E-state index contributed by atoms with van der Waals surface area (Å²) in [6.45, 7) is 0. The van der Waals surface area contributed by atoms with E-state index in [4.69, 9.17) is 10.5 Å². The number of carbonyl (C=O) groups excluding carboxylic acids is 1. The molecule has 98 valence electrons. The summed E-state index contributed by atoms with van der Waals surface area (Å²) in [4.78, 5) is 11.8. The van der Waals surface area contributed by atoms with Crippen molar-refractivity contribution >= 4 is 11.7 Å². The second-order valence-electron chi connectivity index (χ2n) is 4.69. The van der Waals surface area contributed by atoms with Crippen molar-refractivity contribution in [3.63, 3.8) is 0 Å². The molecule has 1 aromatic carbocycles. The molecule has 19 heavy (non-hydrogen) atoms. The van der Waals surface area contributed by atoms with Gasteiger partial charge in [-0.15, -0.1) is 0 Å². The molecule has 0 spiro atoms. The average Bonchev–Trinajstić information content (AvgIpc) is 3.16. The van der Waals surface area contributed by atoms with Gasteiger partial charge in [0.15, 0.2) is 0 Å². The van der Waals surface area contributed by atoms with Crippen molar-refractivity contribution in [2.24, 2.45) is 0 Å². The monoisotopic (exact) mass is 257 g/mol. The molecule has 0 aliphatic heterocycles.